The molecule has 2 N–H and O–H groups in total. The zero-order valence-corrected chi connectivity index (χ0v) is 10.4. The van der Waals surface area contributed by atoms with E-state index in [1.54, 1.807) is 18.2 Å². The smallest absolute Gasteiger partial charge is 0.268 e. The van der Waals surface area contributed by atoms with E-state index < -0.39 is 5.91 Å². The summed E-state index contributed by atoms with van der Waals surface area (Å²) in [5.74, 6) is -0.975. The fourth-order valence-corrected chi connectivity index (χ4v) is 2.11. The Bertz CT molecular complexity index is 811. The van der Waals surface area contributed by atoms with Gasteiger partial charge < -0.3 is 5.73 Å². The molecule has 20 heavy (non-hydrogen) atoms. The highest BCUT2D eigenvalue weighted by atomic mass is 19.1. The summed E-state index contributed by atoms with van der Waals surface area (Å²) in [6.07, 6.45) is 0. The molecule has 0 bridgehead atoms. The van der Waals surface area contributed by atoms with Crippen LogP contribution in [0, 0.1) is 5.82 Å². The first-order valence-electron chi connectivity index (χ1n) is 5.90. The molecule has 6 heteroatoms. The molecule has 0 aliphatic rings. The Morgan fingerprint density at radius 1 is 1.20 bits per heavy atom. The van der Waals surface area contributed by atoms with Gasteiger partial charge in [-0.15, -0.1) is 0 Å². The molecule has 1 heterocycles. The molecule has 1 amide bonds. The summed E-state index contributed by atoms with van der Waals surface area (Å²) in [5, 5.41) is 4.92. The molecule has 4 nitrogen and oxygen atoms in total. The first-order chi connectivity index (χ1) is 9.56. The molecule has 3 rings (SSSR count). The van der Waals surface area contributed by atoms with Gasteiger partial charge in [-0.2, -0.15) is 5.10 Å². The fraction of sp³-hybridized carbons (Fsp3) is 0. The number of aromatic nitrogens is 2. The molecule has 3 aromatic rings. The second-order valence-corrected chi connectivity index (χ2v) is 4.38. The number of fused-ring (bicyclic) bond motifs is 1. The van der Waals surface area contributed by atoms with E-state index in [4.69, 9.17) is 13.6 Å². The molecule has 0 aliphatic heterocycles. The monoisotopic (exact) mass is 265 g/mol. The van der Waals surface area contributed by atoms with Crippen LogP contribution >= 0.6 is 0 Å². The number of hydrogen-bond acceptors (Lipinski definition) is 2. The van der Waals surface area contributed by atoms with E-state index in [9.17, 15) is 9.18 Å². The van der Waals surface area contributed by atoms with Gasteiger partial charge in [-0.3, -0.25) is 4.79 Å². The minimum absolute atomic E-state index is 0.242. The van der Waals surface area contributed by atoms with Crippen LogP contribution in [-0.2, 0) is 0 Å². The number of carbonyl (C=O) groups is 1. The Labute approximate surface area is 115 Å². The van der Waals surface area contributed by atoms with Crippen LogP contribution in [0.2, 0.25) is 0 Å². The zero-order valence-electron chi connectivity index (χ0n) is 10.4. The summed E-state index contributed by atoms with van der Waals surface area (Å²) >= 11 is 0. The van der Waals surface area contributed by atoms with Crippen LogP contribution in [-0.4, -0.2) is 23.5 Å². The van der Waals surface area contributed by atoms with E-state index in [0.29, 0.717) is 22.1 Å². The molecule has 2 aromatic carbocycles. The lowest BCUT2D eigenvalue weighted by Crippen LogP contribution is -2.17. The maximum absolute atomic E-state index is 13.0. The van der Waals surface area contributed by atoms with Crippen molar-refractivity contribution in [1.29, 1.82) is 0 Å². The number of hydrogen-bond donors (Lipinski definition) is 1. The van der Waals surface area contributed by atoms with Crippen molar-refractivity contribution in [1.82, 2.24) is 9.78 Å². The van der Waals surface area contributed by atoms with Gasteiger partial charge in [-0.05, 0) is 30.3 Å². The van der Waals surface area contributed by atoms with Crippen molar-refractivity contribution in [3.05, 3.63) is 54.0 Å². The van der Waals surface area contributed by atoms with Crippen molar-refractivity contribution >= 4 is 30.1 Å². The highest BCUT2D eigenvalue weighted by Gasteiger charge is 2.17. The molecule has 0 aliphatic carbocycles. The molecule has 0 fully saturated rings. The maximum atomic E-state index is 13.0. The van der Waals surface area contributed by atoms with E-state index >= 15 is 0 Å². The van der Waals surface area contributed by atoms with Gasteiger partial charge in [0, 0.05) is 5.39 Å². The molecular weight excluding hydrogens is 256 g/mol. The molecule has 0 atom stereocenters. The molecule has 0 spiro atoms. The number of primary amides is 1. The van der Waals surface area contributed by atoms with Gasteiger partial charge in [0.05, 0.1) is 11.2 Å². The van der Waals surface area contributed by atoms with Crippen LogP contribution in [0.15, 0.2) is 42.5 Å². The number of rotatable bonds is 2. The average Bonchev–Trinajstić information content (AvgIpc) is 2.77. The van der Waals surface area contributed by atoms with Crippen LogP contribution in [0.25, 0.3) is 16.6 Å². The largest absolute Gasteiger partial charge is 0.364 e. The van der Waals surface area contributed by atoms with Crippen molar-refractivity contribution in [2.75, 3.05) is 0 Å². The minimum Gasteiger partial charge on any atom is -0.364 e. The van der Waals surface area contributed by atoms with Crippen molar-refractivity contribution in [3.8, 4) is 5.69 Å². The Morgan fingerprint density at radius 3 is 2.55 bits per heavy atom. The molecule has 0 saturated carbocycles. The van der Waals surface area contributed by atoms with Gasteiger partial charge in [-0.25, -0.2) is 9.07 Å². The van der Waals surface area contributed by atoms with Crippen LogP contribution < -0.4 is 11.2 Å². The van der Waals surface area contributed by atoms with Gasteiger partial charge in [0.25, 0.3) is 5.91 Å². The summed E-state index contributed by atoms with van der Waals surface area (Å²) in [7, 11) is 5.70. The minimum atomic E-state index is -0.610. The highest BCUT2D eigenvalue weighted by molar-refractivity contribution is 6.33. The molecule has 0 saturated heterocycles. The Morgan fingerprint density at radius 2 is 1.90 bits per heavy atom. The van der Waals surface area contributed by atoms with Crippen molar-refractivity contribution in [3.63, 3.8) is 0 Å². The first kappa shape index (κ1) is 12.4. The van der Waals surface area contributed by atoms with Crippen LogP contribution in [0.5, 0.6) is 0 Å². The van der Waals surface area contributed by atoms with Crippen LogP contribution in [0.3, 0.4) is 0 Å². The van der Waals surface area contributed by atoms with Gasteiger partial charge in [0.1, 0.15) is 19.4 Å². The lowest BCUT2D eigenvalue weighted by molar-refractivity contribution is 0.0994. The number of nitrogens with zero attached hydrogens (tertiary/aromatic N) is 2. The predicted octanol–water partition coefficient (Wildman–Crippen LogP) is 1.06. The number of nitrogens with two attached hydrogens (primary N) is 1. The summed E-state index contributed by atoms with van der Waals surface area (Å²) in [4.78, 5) is 11.7. The summed E-state index contributed by atoms with van der Waals surface area (Å²) in [6, 6.07) is 10.7. The van der Waals surface area contributed by atoms with Crippen LogP contribution in [0.4, 0.5) is 4.39 Å². The summed E-state index contributed by atoms with van der Waals surface area (Å²) < 4.78 is 14.4. The Balaban J connectivity index is 2.31. The second kappa shape index (κ2) is 4.49. The van der Waals surface area contributed by atoms with Crippen LogP contribution in [0.1, 0.15) is 10.5 Å². The number of halogens is 1. The first-order valence-corrected chi connectivity index (χ1v) is 5.90. The normalized spacial score (nSPS) is 10.8. The molecule has 96 valence electrons. The van der Waals surface area contributed by atoms with E-state index in [1.807, 2.05) is 0 Å². The fourth-order valence-electron chi connectivity index (χ4n) is 2.11. The van der Waals surface area contributed by atoms with Gasteiger partial charge >= 0.3 is 0 Å². The maximum Gasteiger partial charge on any atom is 0.268 e. The average molecular weight is 265 g/mol. The van der Waals surface area contributed by atoms with Crippen molar-refractivity contribution in [2.24, 2.45) is 5.73 Å². The van der Waals surface area contributed by atoms with Crippen molar-refractivity contribution in [2.45, 2.75) is 0 Å². The Kier molecular flexibility index (Phi) is 2.78. The molecular formula is C14H9BFN3O. The highest BCUT2D eigenvalue weighted by Crippen LogP contribution is 2.21. The summed E-state index contributed by atoms with van der Waals surface area (Å²) in [6.45, 7) is 0. The lowest BCUT2D eigenvalue weighted by Gasteiger charge is -2.04. The lowest BCUT2D eigenvalue weighted by atomic mass is 9.95. The second-order valence-electron chi connectivity index (χ2n) is 4.38. The molecule has 1 aromatic heterocycles. The van der Waals surface area contributed by atoms with Gasteiger partial charge in [0.15, 0.2) is 0 Å². The Hall–Kier alpha value is -2.63. The summed E-state index contributed by atoms with van der Waals surface area (Å²) in [5.41, 5.74) is 7.32. The van der Waals surface area contributed by atoms with Crippen molar-refractivity contribution < 1.29 is 9.18 Å². The quantitative estimate of drug-likeness (QED) is 0.704. The number of amides is 1. The number of benzene rings is 2. The third kappa shape index (κ3) is 1.95. The van der Waals surface area contributed by atoms with E-state index in [1.165, 1.54) is 28.9 Å². The van der Waals surface area contributed by atoms with E-state index in [-0.39, 0.29) is 11.5 Å². The third-order valence-electron chi connectivity index (χ3n) is 3.00. The third-order valence-corrected chi connectivity index (χ3v) is 3.00. The molecule has 2 radical (unpaired) electrons. The zero-order chi connectivity index (χ0) is 14.3. The van der Waals surface area contributed by atoms with Gasteiger partial charge in [0.2, 0.25) is 0 Å². The van der Waals surface area contributed by atoms with E-state index in [2.05, 4.69) is 5.10 Å². The number of carbonyl (C=O) groups excluding carboxylic acids is 1. The predicted molar refractivity (Wildman–Crippen MR) is 74.9 cm³/mol. The standard InChI is InChI=1S/C14H9BFN3O/c15-8-1-6-11-12(7-8)18-19(13(11)14(17)20)10-4-2-9(16)3-5-10/h1-7H,(H2,17,20). The topological polar surface area (TPSA) is 60.9 Å². The van der Waals surface area contributed by atoms with E-state index in [0.717, 1.165) is 0 Å². The SMILES string of the molecule is [B]c1ccc2c(C(N)=O)n(-c3ccc(F)cc3)nc2c1. The van der Waals surface area contributed by atoms with Gasteiger partial charge in [-0.1, -0.05) is 17.6 Å². The molecule has 0 unspecified atom stereocenters.